The van der Waals surface area contributed by atoms with E-state index in [9.17, 15) is 13.2 Å². The summed E-state index contributed by atoms with van der Waals surface area (Å²) >= 11 is 0. The standard InChI is InChI=1S/C17H25F3N6/c1-4-5-8-16(3,9-23-10(2)17(18,19)20)12-7-6-11-13(25-12)14(21)26-15(22)24-11/h6-7,10,23H,4-5,8-9H2,1-3H3,(H4,21,22,24,26). The SMILES string of the molecule is CCCCC(C)(CNC(C)C(F)(F)F)c1ccc2nc(N)nc(N)c2n1. The van der Waals surface area contributed by atoms with Crippen molar-refractivity contribution in [1.82, 2.24) is 20.3 Å². The van der Waals surface area contributed by atoms with Gasteiger partial charge < -0.3 is 16.8 Å². The van der Waals surface area contributed by atoms with E-state index in [0.717, 1.165) is 19.8 Å². The van der Waals surface area contributed by atoms with Crippen LogP contribution in [0.5, 0.6) is 0 Å². The van der Waals surface area contributed by atoms with Crippen molar-refractivity contribution in [3.8, 4) is 0 Å². The van der Waals surface area contributed by atoms with Gasteiger partial charge in [0, 0.05) is 17.7 Å². The van der Waals surface area contributed by atoms with Crippen LogP contribution in [0.4, 0.5) is 24.9 Å². The van der Waals surface area contributed by atoms with Gasteiger partial charge in [0.05, 0.1) is 5.52 Å². The highest BCUT2D eigenvalue weighted by Crippen LogP contribution is 2.31. The predicted molar refractivity (Wildman–Crippen MR) is 96.6 cm³/mol. The quantitative estimate of drug-likeness (QED) is 0.692. The van der Waals surface area contributed by atoms with Crippen LogP contribution in [0.25, 0.3) is 11.0 Å². The fourth-order valence-electron chi connectivity index (χ4n) is 2.76. The van der Waals surface area contributed by atoms with Gasteiger partial charge >= 0.3 is 6.18 Å². The van der Waals surface area contributed by atoms with E-state index in [4.69, 9.17) is 11.5 Å². The van der Waals surface area contributed by atoms with E-state index in [1.807, 2.05) is 13.8 Å². The number of fused-ring (bicyclic) bond motifs is 1. The maximum absolute atomic E-state index is 12.9. The molecule has 0 saturated heterocycles. The number of aromatic nitrogens is 3. The summed E-state index contributed by atoms with van der Waals surface area (Å²) in [6, 6.07) is 1.89. The van der Waals surface area contributed by atoms with E-state index < -0.39 is 17.6 Å². The van der Waals surface area contributed by atoms with E-state index in [-0.39, 0.29) is 18.3 Å². The van der Waals surface area contributed by atoms with Crippen LogP contribution in [0.3, 0.4) is 0 Å². The number of alkyl halides is 3. The van der Waals surface area contributed by atoms with Gasteiger partial charge in [-0.2, -0.15) is 18.2 Å². The van der Waals surface area contributed by atoms with Crippen molar-refractivity contribution >= 4 is 22.8 Å². The molecule has 0 bridgehead atoms. The number of pyridine rings is 1. The Labute approximate surface area is 150 Å². The molecule has 0 saturated carbocycles. The first-order valence-corrected chi connectivity index (χ1v) is 8.57. The third-order valence-corrected chi connectivity index (χ3v) is 4.58. The lowest BCUT2D eigenvalue weighted by molar-refractivity contribution is -0.152. The van der Waals surface area contributed by atoms with Gasteiger partial charge in [-0.05, 0) is 25.5 Å². The summed E-state index contributed by atoms with van der Waals surface area (Å²) in [7, 11) is 0. The maximum Gasteiger partial charge on any atom is 0.403 e. The highest BCUT2D eigenvalue weighted by molar-refractivity contribution is 5.85. The van der Waals surface area contributed by atoms with E-state index in [1.54, 1.807) is 12.1 Å². The molecule has 0 radical (unpaired) electrons. The Morgan fingerprint density at radius 2 is 1.85 bits per heavy atom. The topological polar surface area (TPSA) is 103 Å². The Morgan fingerprint density at radius 1 is 1.15 bits per heavy atom. The summed E-state index contributed by atoms with van der Waals surface area (Å²) in [5.41, 5.74) is 12.5. The molecular weight excluding hydrogens is 345 g/mol. The average Bonchev–Trinajstić information content (AvgIpc) is 2.56. The summed E-state index contributed by atoms with van der Waals surface area (Å²) < 4.78 is 38.6. The van der Waals surface area contributed by atoms with Crippen LogP contribution in [0, 0.1) is 0 Å². The van der Waals surface area contributed by atoms with E-state index >= 15 is 0 Å². The second-order valence-corrected chi connectivity index (χ2v) is 6.84. The van der Waals surface area contributed by atoms with Crippen LogP contribution in [0.1, 0.15) is 45.7 Å². The van der Waals surface area contributed by atoms with Crippen LogP contribution in [0.2, 0.25) is 0 Å². The largest absolute Gasteiger partial charge is 0.403 e. The number of nitrogens with two attached hydrogens (primary N) is 2. The molecule has 2 aromatic rings. The Morgan fingerprint density at radius 3 is 2.46 bits per heavy atom. The Bertz CT molecular complexity index is 764. The van der Waals surface area contributed by atoms with Crippen molar-refractivity contribution in [2.24, 2.45) is 0 Å². The molecule has 0 spiro atoms. The first kappa shape index (κ1) is 20.2. The summed E-state index contributed by atoms with van der Waals surface area (Å²) in [6.07, 6.45) is -1.81. The number of nitrogens with one attached hydrogen (secondary N) is 1. The molecule has 0 aliphatic heterocycles. The minimum absolute atomic E-state index is 0.0546. The summed E-state index contributed by atoms with van der Waals surface area (Å²) in [5.74, 6) is 0.211. The van der Waals surface area contributed by atoms with Gasteiger partial charge in [-0.25, -0.2) is 9.97 Å². The summed E-state index contributed by atoms with van der Waals surface area (Å²) in [4.78, 5) is 12.6. The summed E-state index contributed by atoms with van der Waals surface area (Å²) in [6.45, 7) is 5.19. The van der Waals surface area contributed by atoms with E-state index in [0.29, 0.717) is 23.1 Å². The Kier molecular flexibility index (Phi) is 5.90. The molecule has 0 amide bonds. The van der Waals surface area contributed by atoms with Crippen LogP contribution >= 0.6 is 0 Å². The van der Waals surface area contributed by atoms with Crippen molar-refractivity contribution in [3.05, 3.63) is 17.8 Å². The zero-order valence-electron chi connectivity index (χ0n) is 15.2. The molecule has 144 valence electrons. The second kappa shape index (κ2) is 7.61. The minimum atomic E-state index is -4.29. The number of unbranched alkanes of at least 4 members (excludes halogenated alkanes) is 1. The monoisotopic (exact) mass is 370 g/mol. The highest BCUT2D eigenvalue weighted by Gasteiger charge is 2.38. The van der Waals surface area contributed by atoms with Crippen LogP contribution in [-0.4, -0.2) is 33.7 Å². The zero-order valence-corrected chi connectivity index (χ0v) is 15.2. The summed E-state index contributed by atoms with van der Waals surface area (Å²) in [5, 5.41) is 2.59. The van der Waals surface area contributed by atoms with E-state index in [1.165, 1.54) is 0 Å². The molecule has 2 unspecified atom stereocenters. The smallest absolute Gasteiger partial charge is 0.382 e. The number of rotatable bonds is 7. The van der Waals surface area contributed by atoms with Gasteiger partial charge in [0.1, 0.15) is 11.6 Å². The number of hydrogen-bond donors (Lipinski definition) is 3. The van der Waals surface area contributed by atoms with Crippen LogP contribution in [-0.2, 0) is 5.41 Å². The van der Waals surface area contributed by atoms with Gasteiger partial charge in [-0.3, -0.25) is 0 Å². The number of nitrogen functional groups attached to an aromatic ring is 2. The first-order valence-electron chi connectivity index (χ1n) is 8.57. The highest BCUT2D eigenvalue weighted by atomic mass is 19.4. The van der Waals surface area contributed by atoms with E-state index in [2.05, 4.69) is 20.3 Å². The molecule has 6 nitrogen and oxygen atoms in total. The average molecular weight is 370 g/mol. The molecule has 2 heterocycles. The lowest BCUT2D eigenvalue weighted by atomic mass is 9.80. The molecular formula is C17H25F3N6. The third kappa shape index (κ3) is 4.51. The normalized spacial score (nSPS) is 15.8. The lowest BCUT2D eigenvalue weighted by Crippen LogP contribution is -2.46. The fourth-order valence-corrected chi connectivity index (χ4v) is 2.76. The van der Waals surface area contributed by atoms with Crippen LogP contribution in [0.15, 0.2) is 12.1 Å². The maximum atomic E-state index is 12.9. The third-order valence-electron chi connectivity index (χ3n) is 4.58. The fraction of sp³-hybridized carbons (Fsp3) is 0.588. The Hall–Kier alpha value is -2.16. The predicted octanol–water partition coefficient (Wildman–Crippen LogP) is 3.18. The number of anilines is 2. The zero-order chi connectivity index (χ0) is 19.5. The molecule has 0 fully saturated rings. The van der Waals surface area contributed by atoms with Crippen molar-refractivity contribution in [2.75, 3.05) is 18.0 Å². The molecule has 2 aromatic heterocycles. The van der Waals surface area contributed by atoms with Gasteiger partial charge in [0.25, 0.3) is 0 Å². The number of hydrogen-bond acceptors (Lipinski definition) is 6. The molecule has 2 rings (SSSR count). The van der Waals surface area contributed by atoms with Crippen molar-refractivity contribution in [3.63, 3.8) is 0 Å². The van der Waals surface area contributed by atoms with Gasteiger partial charge in [0.2, 0.25) is 5.95 Å². The van der Waals surface area contributed by atoms with Gasteiger partial charge in [0.15, 0.2) is 5.82 Å². The molecule has 2 atom stereocenters. The molecule has 26 heavy (non-hydrogen) atoms. The molecule has 5 N–H and O–H groups in total. The van der Waals surface area contributed by atoms with Gasteiger partial charge in [-0.15, -0.1) is 0 Å². The first-order chi connectivity index (χ1) is 12.1. The molecule has 0 aliphatic rings. The molecule has 0 aliphatic carbocycles. The Balaban J connectivity index is 2.37. The number of halogens is 3. The molecule has 9 heteroatoms. The van der Waals surface area contributed by atoms with Crippen molar-refractivity contribution in [1.29, 1.82) is 0 Å². The minimum Gasteiger partial charge on any atom is -0.382 e. The molecule has 0 aromatic carbocycles. The lowest BCUT2D eigenvalue weighted by Gasteiger charge is -2.31. The second-order valence-electron chi connectivity index (χ2n) is 6.84. The van der Waals surface area contributed by atoms with Gasteiger partial charge in [-0.1, -0.05) is 26.7 Å². The van der Waals surface area contributed by atoms with Crippen molar-refractivity contribution in [2.45, 2.75) is 57.7 Å². The van der Waals surface area contributed by atoms with Crippen LogP contribution < -0.4 is 16.8 Å². The van der Waals surface area contributed by atoms with Crippen molar-refractivity contribution < 1.29 is 13.2 Å². The number of nitrogens with zero attached hydrogens (tertiary/aromatic N) is 3.